The van der Waals surface area contributed by atoms with Gasteiger partial charge in [-0.2, -0.15) is 0 Å². The van der Waals surface area contributed by atoms with Crippen LogP contribution in [0.3, 0.4) is 0 Å². The Kier molecular flexibility index (Phi) is 4.17. The standard InChI is InChI=1S/C15H24N4O/c1-2-16-13-4-11-20-15(12-13)5-9-19(10-6-15)14-17-7-3-8-18-14/h3,7-8,13,16H,2,4-6,9-12H2,1H3. The molecular formula is C15H24N4O. The third-order valence-electron chi connectivity index (χ3n) is 4.50. The second-order valence-corrected chi connectivity index (χ2v) is 5.81. The van der Waals surface area contributed by atoms with Crippen molar-refractivity contribution in [3.63, 3.8) is 0 Å². The van der Waals surface area contributed by atoms with Crippen molar-refractivity contribution in [2.75, 3.05) is 31.1 Å². The molecule has 1 aromatic rings. The molecule has 2 saturated heterocycles. The van der Waals surface area contributed by atoms with Crippen molar-refractivity contribution in [1.29, 1.82) is 0 Å². The smallest absolute Gasteiger partial charge is 0.225 e. The summed E-state index contributed by atoms with van der Waals surface area (Å²) in [5.74, 6) is 0.849. The van der Waals surface area contributed by atoms with Gasteiger partial charge in [-0.15, -0.1) is 0 Å². The first-order valence-corrected chi connectivity index (χ1v) is 7.71. The fraction of sp³-hybridized carbons (Fsp3) is 0.733. The molecule has 110 valence electrons. The van der Waals surface area contributed by atoms with Crippen molar-refractivity contribution in [1.82, 2.24) is 15.3 Å². The molecule has 0 bridgehead atoms. The van der Waals surface area contributed by atoms with E-state index in [-0.39, 0.29) is 5.60 Å². The Morgan fingerprint density at radius 3 is 2.80 bits per heavy atom. The van der Waals surface area contributed by atoms with Gasteiger partial charge >= 0.3 is 0 Å². The number of aromatic nitrogens is 2. The second-order valence-electron chi connectivity index (χ2n) is 5.81. The van der Waals surface area contributed by atoms with E-state index in [2.05, 4.69) is 27.1 Å². The van der Waals surface area contributed by atoms with Crippen LogP contribution in [0.2, 0.25) is 0 Å². The first-order valence-electron chi connectivity index (χ1n) is 7.71. The molecule has 3 heterocycles. The van der Waals surface area contributed by atoms with E-state index in [1.54, 1.807) is 0 Å². The summed E-state index contributed by atoms with van der Waals surface area (Å²) in [5.41, 5.74) is 0.0797. The number of rotatable bonds is 3. The van der Waals surface area contributed by atoms with E-state index in [4.69, 9.17) is 4.74 Å². The summed E-state index contributed by atoms with van der Waals surface area (Å²) in [6, 6.07) is 2.48. The zero-order valence-corrected chi connectivity index (χ0v) is 12.2. The first-order chi connectivity index (χ1) is 9.81. The summed E-state index contributed by atoms with van der Waals surface area (Å²) in [6.45, 7) is 6.09. The number of ether oxygens (including phenoxy) is 1. The zero-order valence-electron chi connectivity index (χ0n) is 12.2. The number of piperidine rings is 1. The van der Waals surface area contributed by atoms with Gasteiger partial charge in [-0.05, 0) is 38.3 Å². The highest BCUT2D eigenvalue weighted by molar-refractivity contribution is 5.29. The van der Waals surface area contributed by atoms with Crippen molar-refractivity contribution in [2.45, 2.75) is 44.2 Å². The molecule has 20 heavy (non-hydrogen) atoms. The van der Waals surface area contributed by atoms with Crippen LogP contribution in [0, 0.1) is 0 Å². The van der Waals surface area contributed by atoms with Gasteiger partial charge in [0.05, 0.1) is 5.60 Å². The van der Waals surface area contributed by atoms with Crippen molar-refractivity contribution in [3.05, 3.63) is 18.5 Å². The lowest BCUT2D eigenvalue weighted by Crippen LogP contribution is -2.53. The van der Waals surface area contributed by atoms with E-state index in [0.29, 0.717) is 6.04 Å². The largest absolute Gasteiger partial charge is 0.375 e. The average molecular weight is 276 g/mol. The quantitative estimate of drug-likeness (QED) is 0.909. The predicted octanol–water partition coefficient (Wildman–Crippen LogP) is 1.60. The Hall–Kier alpha value is -1.20. The molecule has 0 aliphatic carbocycles. The lowest BCUT2D eigenvalue weighted by Gasteiger charge is -2.46. The highest BCUT2D eigenvalue weighted by Gasteiger charge is 2.40. The van der Waals surface area contributed by atoms with Crippen molar-refractivity contribution >= 4 is 5.95 Å². The van der Waals surface area contributed by atoms with E-state index < -0.39 is 0 Å². The maximum atomic E-state index is 6.16. The zero-order chi connectivity index (χ0) is 13.8. The molecule has 0 saturated carbocycles. The molecule has 0 radical (unpaired) electrons. The van der Waals surface area contributed by atoms with Crippen LogP contribution in [0.1, 0.15) is 32.6 Å². The van der Waals surface area contributed by atoms with Crippen molar-refractivity contribution in [3.8, 4) is 0 Å². The summed E-state index contributed by atoms with van der Waals surface area (Å²) >= 11 is 0. The molecule has 1 N–H and O–H groups in total. The van der Waals surface area contributed by atoms with Crippen LogP contribution in [0.5, 0.6) is 0 Å². The summed E-state index contributed by atoms with van der Waals surface area (Å²) in [6.07, 6.45) is 8.06. The molecule has 1 aromatic heterocycles. The summed E-state index contributed by atoms with van der Waals surface area (Å²) in [4.78, 5) is 11.0. The first kappa shape index (κ1) is 13.8. The van der Waals surface area contributed by atoms with E-state index in [0.717, 1.165) is 57.9 Å². The Bertz CT molecular complexity index is 415. The Morgan fingerprint density at radius 2 is 2.10 bits per heavy atom. The lowest BCUT2D eigenvalue weighted by molar-refractivity contribution is -0.102. The molecule has 2 fully saturated rings. The average Bonchev–Trinajstić information content (AvgIpc) is 2.49. The maximum Gasteiger partial charge on any atom is 0.225 e. The normalized spacial score (nSPS) is 25.9. The Morgan fingerprint density at radius 1 is 1.35 bits per heavy atom. The van der Waals surface area contributed by atoms with Gasteiger partial charge in [-0.25, -0.2) is 9.97 Å². The summed E-state index contributed by atoms with van der Waals surface area (Å²) in [7, 11) is 0. The number of anilines is 1. The van der Waals surface area contributed by atoms with Crippen LogP contribution in [0.25, 0.3) is 0 Å². The minimum atomic E-state index is 0.0797. The minimum absolute atomic E-state index is 0.0797. The van der Waals surface area contributed by atoms with Gasteiger partial charge in [-0.1, -0.05) is 6.92 Å². The van der Waals surface area contributed by atoms with Gasteiger partial charge in [-0.3, -0.25) is 0 Å². The number of hydrogen-bond donors (Lipinski definition) is 1. The molecule has 2 aliphatic rings. The highest BCUT2D eigenvalue weighted by atomic mass is 16.5. The number of nitrogens with zero attached hydrogens (tertiary/aromatic N) is 3. The number of hydrogen-bond acceptors (Lipinski definition) is 5. The van der Waals surface area contributed by atoms with E-state index in [1.807, 2.05) is 18.5 Å². The molecule has 1 unspecified atom stereocenters. The molecule has 1 atom stereocenters. The van der Waals surface area contributed by atoms with Crippen molar-refractivity contribution < 1.29 is 4.74 Å². The lowest BCUT2D eigenvalue weighted by atomic mass is 9.82. The van der Waals surface area contributed by atoms with Gasteiger partial charge in [0.1, 0.15) is 0 Å². The number of nitrogens with one attached hydrogen (secondary N) is 1. The molecule has 5 heteroatoms. The van der Waals surface area contributed by atoms with Crippen LogP contribution in [0.4, 0.5) is 5.95 Å². The molecular weight excluding hydrogens is 252 g/mol. The van der Waals surface area contributed by atoms with Gasteiger partial charge < -0.3 is 15.0 Å². The van der Waals surface area contributed by atoms with Gasteiger partial charge in [0.2, 0.25) is 5.95 Å². The van der Waals surface area contributed by atoms with Crippen LogP contribution < -0.4 is 10.2 Å². The summed E-state index contributed by atoms with van der Waals surface area (Å²) in [5, 5.41) is 3.58. The molecule has 0 aromatic carbocycles. The maximum absolute atomic E-state index is 6.16. The van der Waals surface area contributed by atoms with Crippen molar-refractivity contribution in [2.24, 2.45) is 0 Å². The summed E-state index contributed by atoms with van der Waals surface area (Å²) < 4.78 is 6.16. The molecule has 3 rings (SSSR count). The van der Waals surface area contributed by atoms with Gasteiger partial charge in [0, 0.05) is 38.1 Å². The fourth-order valence-corrected chi connectivity index (χ4v) is 3.41. The molecule has 0 amide bonds. The van der Waals surface area contributed by atoms with Gasteiger partial charge in [0.25, 0.3) is 0 Å². The molecule has 1 spiro atoms. The SMILES string of the molecule is CCNC1CCOC2(CCN(c3ncccn3)CC2)C1. The minimum Gasteiger partial charge on any atom is -0.375 e. The topological polar surface area (TPSA) is 50.3 Å². The predicted molar refractivity (Wildman–Crippen MR) is 78.9 cm³/mol. The van der Waals surface area contributed by atoms with Crippen LogP contribution in [-0.4, -0.2) is 47.9 Å². The van der Waals surface area contributed by atoms with E-state index in [1.165, 1.54) is 0 Å². The molecule has 2 aliphatic heterocycles. The van der Waals surface area contributed by atoms with Crippen LogP contribution in [-0.2, 0) is 4.74 Å². The third-order valence-corrected chi connectivity index (χ3v) is 4.50. The Labute approximate surface area is 120 Å². The van der Waals surface area contributed by atoms with E-state index >= 15 is 0 Å². The second kappa shape index (κ2) is 6.06. The molecule has 5 nitrogen and oxygen atoms in total. The van der Waals surface area contributed by atoms with Gasteiger partial charge in [0.15, 0.2) is 0 Å². The highest BCUT2D eigenvalue weighted by Crippen LogP contribution is 2.35. The van der Waals surface area contributed by atoms with Crippen LogP contribution in [0.15, 0.2) is 18.5 Å². The Balaban J connectivity index is 1.60. The van der Waals surface area contributed by atoms with Crippen LogP contribution >= 0.6 is 0 Å². The van der Waals surface area contributed by atoms with E-state index in [9.17, 15) is 0 Å². The monoisotopic (exact) mass is 276 g/mol. The fourth-order valence-electron chi connectivity index (χ4n) is 3.41. The third kappa shape index (κ3) is 2.94.